The average Bonchev–Trinajstić information content (AvgIpc) is 2.85. The van der Waals surface area contributed by atoms with E-state index in [1.54, 1.807) is 25.1 Å². The average molecular weight is 460 g/mol. The number of hydrogen-bond acceptors (Lipinski definition) is 3. The molecule has 6 nitrogen and oxygen atoms in total. The van der Waals surface area contributed by atoms with E-state index < -0.39 is 5.92 Å². The number of nitrogens with zero attached hydrogens (tertiary/aromatic N) is 2. The number of rotatable bonds is 3. The lowest BCUT2D eigenvalue weighted by atomic mass is 10.1. The van der Waals surface area contributed by atoms with Crippen molar-refractivity contribution in [3.8, 4) is 0 Å². The molecule has 2 aromatic carbocycles. The van der Waals surface area contributed by atoms with Crippen molar-refractivity contribution in [2.75, 3.05) is 10.3 Å². The Labute approximate surface area is 181 Å². The first-order valence-electron chi connectivity index (χ1n) is 8.08. The fourth-order valence-corrected chi connectivity index (χ4v) is 3.77. The first-order valence-corrected chi connectivity index (χ1v) is 9.59. The third-order valence-corrected chi connectivity index (χ3v) is 5.05. The first-order chi connectivity index (χ1) is 13.2. The normalized spacial score (nSPS) is 17.8. The fraction of sp³-hybridized carbons (Fsp3) is 0.167. The van der Waals surface area contributed by atoms with E-state index in [4.69, 9.17) is 46.4 Å². The van der Waals surface area contributed by atoms with Crippen molar-refractivity contribution in [1.82, 2.24) is 5.43 Å². The van der Waals surface area contributed by atoms with Gasteiger partial charge in [0.1, 0.15) is 11.5 Å². The molecule has 2 amide bonds. The van der Waals surface area contributed by atoms with Crippen LogP contribution in [0, 0.1) is 5.92 Å². The van der Waals surface area contributed by atoms with Crippen molar-refractivity contribution < 1.29 is 9.59 Å². The molecule has 0 saturated carbocycles. The van der Waals surface area contributed by atoms with Crippen LogP contribution < -0.4 is 15.8 Å². The van der Waals surface area contributed by atoms with Gasteiger partial charge in [-0.05, 0) is 37.3 Å². The van der Waals surface area contributed by atoms with Gasteiger partial charge in [0.15, 0.2) is 0 Å². The minimum absolute atomic E-state index is 0.220. The summed E-state index contributed by atoms with van der Waals surface area (Å²) in [7, 11) is 0. The van der Waals surface area contributed by atoms with Gasteiger partial charge in [-0.15, -0.1) is 0 Å². The molecule has 28 heavy (non-hydrogen) atoms. The molecule has 1 aliphatic rings. The number of hydrazine groups is 1. The van der Waals surface area contributed by atoms with Crippen LogP contribution in [0.4, 0.5) is 17.1 Å². The predicted molar refractivity (Wildman–Crippen MR) is 114 cm³/mol. The van der Waals surface area contributed by atoms with Crippen molar-refractivity contribution in [2.24, 2.45) is 10.9 Å². The number of carbonyl (C=O) groups is 2. The lowest BCUT2D eigenvalue weighted by molar-refractivity contribution is -0.119. The number of amidine groups is 1. The van der Waals surface area contributed by atoms with E-state index in [0.717, 1.165) is 0 Å². The Hall–Kier alpha value is -1.99. The van der Waals surface area contributed by atoms with Gasteiger partial charge in [-0.25, -0.2) is 10.0 Å². The van der Waals surface area contributed by atoms with Crippen LogP contribution >= 0.6 is 46.4 Å². The van der Waals surface area contributed by atoms with Crippen LogP contribution in [0.1, 0.15) is 13.8 Å². The summed E-state index contributed by atoms with van der Waals surface area (Å²) in [5, 5.41) is 5.05. The molecule has 1 fully saturated rings. The lowest BCUT2D eigenvalue weighted by Gasteiger charge is -2.19. The van der Waals surface area contributed by atoms with Gasteiger partial charge in [0, 0.05) is 17.6 Å². The van der Waals surface area contributed by atoms with Gasteiger partial charge in [-0.3, -0.25) is 15.0 Å². The molecular formula is C18H14Cl4N4O2. The maximum Gasteiger partial charge on any atom is 0.256 e. The molecule has 0 spiro atoms. The van der Waals surface area contributed by atoms with Crippen molar-refractivity contribution >= 4 is 81.1 Å². The van der Waals surface area contributed by atoms with Gasteiger partial charge in [0.2, 0.25) is 5.91 Å². The van der Waals surface area contributed by atoms with Gasteiger partial charge in [-0.1, -0.05) is 46.4 Å². The molecule has 0 bridgehead atoms. The van der Waals surface area contributed by atoms with E-state index >= 15 is 0 Å². The highest BCUT2D eigenvalue weighted by atomic mass is 35.5. The number of carbonyl (C=O) groups excluding carboxylic acids is 2. The zero-order valence-electron chi connectivity index (χ0n) is 14.7. The van der Waals surface area contributed by atoms with Gasteiger partial charge in [-0.2, -0.15) is 0 Å². The number of hydrogen-bond donors (Lipinski definition) is 2. The monoisotopic (exact) mass is 458 g/mol. The van der Waals surface area contributed by atoms with Crippen LogP contribution in [0.3, 0.4) is 0 Å². The second-order valence-electron chi connectivity index (χ2n) is 6.07. The second kappa shape index (κ2) is 8.17. The van der Waals surface area contributed by atoms with Crippen molar-refractivity contribution in [3.05, 3.63) is 50.4 Å². The highest BCUT2D eigenvalue weighted by molar-refractivity contribution is 6.43. The highest BCUT2D eigenvalue weighted by Gasteiger charge is 2.37. The van der Waals surface area contributed by atoms with E-state index in [1.165, 1.54) is 24.1 Å². The Morgan fingerprint density at radius 2 is 1.75 bits per heavy atom. The van der Waals surface area contributed by atoms with Crippen molar-refractivity contribution in [3.63, 3.8) is 0 Å². The third-order valence-electron chi connectivity index (χ3n) is 3.94. The molecule has 1 unspecified atom stereocenters. The third kappa shape index (κ3) is 4.20. The number of amides is 2. The topological polar surface area (TPSA) is 73.8 Å². The summed E-state index contributed by atoms with van der Waals surface area (Å²) in [6.07, 6.45) is 0. The number of halogens is 4. The van der Waals surface area contributed by atoms with E-state index in [2.05, 4.69) is 15.7 Å². The molecule has 0 aliphatic carbocycles. The van der Waals surface area contributed by atoms with Crippen LogP contribution in [0.15, 0.2) is 35.3 Å². The van der Waals surface area contributed by atoms with Crippen molar-refractivity contribution in [1.29, 1.82) is 0 Å². The number of nitrogens with one attached hydrogen (secondary N) is 2. The molecule has 1 saturated heterocycles. The zero-order chi connectivity index (χ0) is 20.6. The molecule has 2 N–H and O–H groups in total. The van der Waals surface area contributed by atoms with E-state index in [-0.39, 0.29) is 27.5 Å². The first kappa shape index (κ1) is 20.7. The second-order valence-corrected chi connectivity index (χ2v) is 7.73. The Bertz CT molecular complexity index is 986. The molecule has 0 radical (unpaired) electrons. The summed E-state index contributed by atoms with van der Waals surface area (Å²) in [6, 6.07) is 7.86. The maximum atomic E-state index is 12.7. The number of aliphatic imine (C=N–C) groups is 1. The summed E-state index contributed by atoms with van der Waals surface area (Å²) in [5.41, 5.74) is 4.13. The minimum Gasteiger partial charge on any atom is -0.326 e. The van der Waals surface area contributed by atoms with Crippen molar-refractivity contribution in [2.45, 2.75) is 13.8 Å². The Kier molecular flexibility index (Phi) is 6.05. The Morgan fingerprint density at radius 1 is 1.11 bits per heavy atom. The van der Waals surface area contributed by atoms with Crippen LogP contribution in [0.2, 0.25) is 20.1 Å². The van der Waals surface area contributed by atoms with Crippen LogP contribution in [-0.4, -0.2) is 17.6 Å². The van der Waals surface area contributed by atoms with E-state index in [9.17, 15) is 9.59 Å². The zero-order valence-corrected chi connectivity index (χ0v) is 17.7. The molecule has 1 atom stereocenters. The molecule has 146 valence electrons. The molecule has 1 heterocycles. The largest absolute Gasteiger partial charge is 0.326 e. The highest BCUT2D eigenvalue weighted by Crippen LogP contribution is 2.38. The van der Waals surface area contributed by atoms with Crippen LogP contribution in [0.5, 0.6) is 0 Å². The standard InChI is InChI=1S/C18H14Cl4N4O2/c1-8-17(24-15-7-11(23-9(2)27)3-4-12(15)20)25-26(18(8)28)16-13(21)5-10(19)6-14(16)22/h3-8H,1-2H3,(H,23,27)(H,24,25). The fourth-order valence-electron chi connectivity index (χ4n) is 2.62. The molecule has 0 aromatic heterocycles. The lowest BCUT2D eigenvalue weighted by Crippen LogP contribution is -2.36. The SMILES string of the molecule is CC(=O)Nc1ccc(Cl)c(N=C2NN(c3c(Cl)cc(Cl)cc3Cl)C(=O)C2C)c1. The van der Waals surface area contributed by atoms with Gasteiger partial charge in [0.05, 0.1) is 26.7 Å². The summed E-state index contributed by atoms with van der Waals surface area (Å²) >= 11 is 24.6. The van der Waals surface area contributed by atoms with E-state index in [1.807, 2.05) is 0 Å². The molecule has 3 rings (SSSR count). The van der Waals surface area contributed by atoms with Gasteiger partial charge < -0.3 is 5.32 Å². The van der Waals surface area contributed by atoms with Gasteiger partial charge in [0.25, 0.3) is 5.91 Å². The summed E-state index contributed by atoms with van der Waals surface area (Å²) < 4.78 is 0. The predicted octanol–water partition coefficient (Wildman–Crippen LogP) is 5.48. The number of anilines is 2. The molecule has 10 heteroatoms. The quantitative estimate of drug-likeness (QED) is 0.638. The smallest absolute Gasteiger partial charge is 0.256 e. The maximum absolute atomic E-state index is 12.7. The summed E-state index contributed by atoms with van der Waals surface area (Å²) in [6.45, 7) is 3.09. The summed E-state index contributed by atoms with van der Waals surface area (Å²) in [4.78, 5) is 28.5. The summed E-state index contributed by atoms with van der Waals surface area (Å²) in [5.74, 6) is -0.752. The Morgan fingerprint density at radius 3 is 2.36 bits per heavy atom. The van der Waals surface area contributed by atoms with Gasteiger partial charge >= 0.3 is 0 Å². The Balaban J connectivity index is 1.97. The van der Waals surface area contributed by atoms with Crippen LogP contribution in [-0.2, 0) is 9.59 Å². The number of benzene rings is 2. The molecule has 2 aromatic rings. The van der Waals surface area contributed by atoms with E-state index in [0.29, 0.717) is 27.3 Å². The molecular weight excluding hydrogens is 446 g/mol. The molecule has 1 aliphatic heterocycles. The van der Waals surface area contributed by atoms with Crippen LogP contribution in [0.25, 0.3) is 0 Å². The minimum atomic E-state index is -0.594.